The van der Waals surface area contributed by atoms with E-state index in [9.17, 15) is 43.2 Å². The van der Waals surface area contributed by atoms with Crippen LogP contribution in [0.1, 0.15) is 427 Å². The summed E-state index contributed by atoms with van der Waals surface area (Å²) < 4.78 is 68.7. The molecule has 0 radical (unpaired) electrons. The number of esters is 4. The van der Waals surface area contributed by atoms with Crippen LogP contribution >= 0.6 is 15.6 Å². The fourth-order valence-corrected chi connectivity index (χ4v) is 14.2. The van der Waals surface area contributed by atoms with Crippen molar-refractivity contribution in [3.8, 4) is 0 Å². The highest BCUT2D eigenvalue weighted by Gasteiger charge is 2.30. The van der Waals surface area contributed by atoms with Crippen LogP contribution < -0.4 is 0 Å². The van der Waals surface area contributed by atoms with Gasteiger partial charge in [-0.1, -0.05) is 376 Å². The van der Waals surface area contributed by atoms with Gasteiger partial charge in [0.2, 0.25) is 0 Å². The molecule has 0 aliphatic rings. The Kier molecular flexibility index (Phi) is 70.9. The summed E-state index contributed by atoms with van der Waals surface area (Å²) in [6.45, 7) is 11.9. The average Bonchev–Trinajstić information content (AvgIpc) is 0.944. The molecule has 0 saturated carbocycles. The second kappa shape index (κ2) is 72.3. The Morgan fingerprint density at radius 1 is 0.267 bits per heavy atom. The minimum absolute atomic E-state index is 0.106. The standard InChI is InChI=1S/C82H160O17P2/c1-8-9-10-11-12-13-14-15-16-17-21-26-31-36-41-49-56-63-79(84)92-69-77(98-81(86)65-58-51-42-37-32-27-22-19-18-20-24-29-34-39-46-53-60-73(2)3)71-96-100(88,89)94-67-76(83)68-95-101(90,91)97-72-78(70-93-80(85)64-57-50-45-44-48-55-62-75(6)7)99-82(87)66-59-52-43-38-33-28-23-25-30-35-40-47-54-61-74(4)5/h73-78,83H,8-72H2,1-7H3,(H,88,89)(H,90,91)/t76-,77-,78-/m1/s1. The zero-order chi connectivity index (χ0) is 74.4. The van der Waals surface area contributed by atoms with Gasteiger partial charge in [-0.15, -0.1) is 0 Å². The summed E-state index contributed by atoms with van der Waals surface area (Å²) in [5.74, 6) is 0.164. The van der Waals surface area contributed by atoms with Crippen LogP contribution in [0.5, 0.6) is 0 Å². The summed E-state index contributed by atoms with van der Waals surface area (Å²) in [7, 11) is -9.92. The molecule has 101 heavy (non-hydrogen) atoms. The van der Waals surface area contributed by atoms with E-state index in [4.69, 9.17) is 37.0 Å². The number of hydrogen-bond acceptors (Lipinski definition) is 15. The first kappa shape index (κ1) is 99.1. The van der Waals surface area contributed by atoms with Crippen LogP contribution in [-0.2, 0) is 65.4 Å². The summed E-state index contributed by atoms with van der Waals surface area (Å²) in [6.07, 6.45) is 61.2. The van der Waals surface area contributed by atoms with Crippen molar-refractivity contribution in [3.05, 3.63) is 0 Å². The van der Waals surface area contributed by atoms with Gasteiger partial charge in [0.05, 0.1) is 26.4 Å². The molecule has 0 aromatic rings. The topological polar surface area (TPSA) is 237 Å². The maximum Gasteiger partial charge on any atom is 0.472 e. The second-order valence-corrected chi connectivity index (χ2v) is 33.8. The van der Waals surface area contributed by atoms with Crippen LogP contribution in [0, 0.1) is 17.8 Å². The SMILES string of the molecule is CCCCCCCCCCCCCCCCCCCC(=O)OC[C@H](COP(=O)(O)OC[C@@H](O)COP(=O)(O)OC[C@@H](COC(=O)CCCCCCCCC(C)C)OC(=O)CCCCCCCCCCCCCCCC(C)C)OC(=O)CCCCCCCCCCCCCCCCCCC(C)C. The van der Waals surface area contributed by atoms with E-state index in [0.717, 1.165) is 108 Å². The fraction of sp³-hybridized carbons (Fsp3) is 0.951. The van der Waals surface area contributed by atoms with Crippen molar-refractivity contribution < 1.29 is 80.2 Å². The van der Waals surface area contributed by atoms with E-state index >= 15 is 0 Å². The highest BCUT2D eigenvalue weighted by atomic mass is 31.2. The molecule has 600 valence electrons. The number of carbonyl (C=O) groups is 4. The lowest BCUT2D eigenvalue weighted by Gasteiger charge is -2.21. The molecule has 0 spiro atoms. The zero-order valence-electron chi connectivity index (χ0n) is 66.4. The Bertz CT molecular complexity index is 1960. The van der Waals surface area contributed by atoms with E-state index in [1.54, 1.807) is 0 Å². The highest BCUT2D eigenvalue weighted by Crippen LogP contribution is 2.45. The van der Waals surface area contributed by atoms with Gasteiger partial charge in [-0.05, 0) is 43.4 Å². The average molecular weight is 1480 g/mol. The van der Waals surface area contributed by atoms with Crippen LogP contribution in [-0.4, -0.2) is 96.7 Å². The van der Waals surface area contributed by atoms with E-state index in [-0.39, 0.29) is 25.7 Å². The van der Waals surface area contributed by atoms with Crippen LogP contribution in [0.25, 0.3) is 0 Å². The summed E-state index contributed by atoms with van der Waals surface area (Å²) in [4.78, 5) is 73.0. The van der Waals surface area contributed by atoms with Crippen LogP contribution in [0.2, 0.25) is 0 Å². The van der Waals surface area contributed by atoms with Crippen molar-refractivity contribution in [1.82, 2.24) is 0 Å². The second-order valence-electron chi connectivity index (χ2n) is 30.9. The summed E-state index contributed by atoms with van der Waals surface area (Å²) in [6, 6.07) is 0. The van der Waals surface area contributed by atoms with Gasteiger partial charge >= 0.3 is 39.5 Å². The maximum absolute atomic E-state index is 13.1. The molecule has 0 heterocycles. The molecule has 0 rings (SSSR count). The summed E-state index contributed by atoms with van der Waals surface area (Å²) in [5, 5.41) is 10.6. The number of rotatable bonds is 80. The molecule has 2 unspecified atom stereocenters. The summed E-state index contributed by atoms with van der Waals surface area (Å²) in [5.41, 5.74) is 0. The minimum Gasteiger partial charge on any atom is -0.462 e. The Morgan fingerprint density at radius 2 is 0.455 bits per heavy atom. The van der Waals surface area contributed by atoms with E-state index in [0.29, 0.717) is 31.6 Å². The van der Waals surface area contributed by atoms with E-state index in [1.807, 2.05) is 0 Å². The lowest BCUT2D eigenvalue weighted by atomic mass is 10.0. The first-order valence-electron chi connectivity index (χ1n) is 42.3. The Hall–Kier alpha value is -1.94. The minimum atomic E-state index is -4.96. The predicted octanol–water partition coefficient (Wildman–Crippen LogP) is 24.5. The Morgan fingerprint density at radius 3 is 0.673 bits per heavy atom. The number of phosphoric ester groups is 2. The lowest BCUT2D eigenvalue weighted by molar-refractivity contribution is -0.161. The highest BCUT2D eigenvalue weighted by molar-refractivity contribution is 7.47. The molecule has 3 N–H and O–H groups in total. The van der Waals surface area contributed by atoms with E-state index < -0.39 is 97.5 Å². The number of aliphatic hydroxyl groups excluding tert-OH is 1. The van der Waals surface area contributed by atoms with Crippen molar-refractivity contribution in [3.63, 3.8) is 0 Å². The quantitative estimate of drug-likeness (QED) is 0.0222. The third kappa shape index (κ3) is 76.1. The zero-order valence-corrected chi connectivity index (χ0v) is 68.2. The molecule has 0 bridgehead atoms. The third-order valence-electron chi connectivity index (χ3n) is 19.1. The molecule has 0 aromatic heterocycles. The van der Waals surface area contributed by atoms with Gasteiger partial charge in [0.1, 0.15) is 19.3 Å². The number of ether oxygens (including phenoxy) is 4. The molecule has 0 aliphatic carbocycles. The number of carbonyl (C=O) groups excluding carboxylic acids is 4. The maximum atomic E-state index is 13.1. The van der Waals surface area contributed by atoms with Crippen LogP contribution in [0.4, 0.5) is 0 Å². The van der Waals surface area contributed by atoms with Gasteiger partial charge in [-0.25, -0.2) is 9.13 Å². The number of unbranched alkanes of at least 4 members (excludes halogenated alkanes) is 48. The number of hydrogen-bond donors (Lipinski definition) is 3. The van der Waals surface area contributed by atoms with Gasteiger partial charge in [0.25, 0.3) is 0 Å². The summed E-state index contributed by atoms with van der Waals surface area (Å²) >= 11 is 0. The number of phosphoric acid groups is 2. The smallest absolute Gasteiger partial charge is 0.462 e. The molecular weight excluding hydrogens is 1320 g/mol. The van der Waals surface area contributed by atoms with Crippen molar-refractivity contribution in [2.45, 2.75) is 446 Å². The Balaban J connectivity index is 5.23. The Labute approximate surface area is 619 Å². The molecule has 0 fully saturated rings. The molecule has 17 nitrogen and oxygen atoms in total. The molecule has 5 atom stereocenters. The predicted molar refractivity (Wildman–Crippen MR) is 414 cm³/mol. The van der Waals surface area contributed by atoms with Crippen molar-refractivity contribution in [1.29, 1.82) is 0 Å². The fourth-order valence-electron chi connectivity index (χ4n) is 12.7. The van der Waals surface area contributed by atoms with Gasteiger partial charge in [0, 0.05) is 25.7 Å². The number of aliphatic hydroxyl groups is 1. The molecule has 0 saturated heterocycles. The molecular formula is C82H160O17P2. The van der Waals surface area contributed by atoms with Crippen molar-refractivity contribution in [2.75, 3.05) is 39.6 Å². The van der Waals surface area contributed by atoms with E-state index in [1.165, 1.54) is 231 Å². The first-order chi connectivity index (χ1) is 48.7. The third-order valence-corrected chi connectivity index (χ3v) is 21.0. The largest absolute Gasteiger partial charge is 0.472 e. The normalized spacial score (nSPS) is 14.0. The van der Waals surface area contributed by atoms with Gasteiger partial charge in [-0.2, -0.15) is 0 Å². The van der Waals surface area contributed by atoms with E-state index in [2.05, 4.69) is 48.5 Å². The monoisotopic (exact) mass is 1480 g/mol. The molecule has 0 amide bonds. The van der Waals surface area contributed by atoms with Crippen LogP contribution in [0.15, 0.2) is 0 Å². The van der Waals surface area contributed by atoms with Gasteiger partial charge in [-0.3, -0.25) is 37.3 Å². The van der Waals surface area contributed by atoms with Crippen molar-refractivity contribution >= 4 is 39.5 Å². The first-order valence-corrected chi connectivity index (χ1v) is 45.3. The molecule has 19 heteroatoms. The van der Waals surface area contributed by atoms with Gasteiger partial charge in [0.15, 0.2) is 12.2 Å². The lowest BCUT2D eigenvalue weighted by Crippen LogP contribution is -2.30. The van der Waals surface area contributed by atoms with Crippen LogP contribution in [0.3, 0.4) is 0 Å². The van der Waals surface area contributed by atoms with Crippen molar-refractivity contribution in [2.24, 2.45) is 17.8 Å². The molecule has 0 aliphatic heterocycles. The van der Waals surface area contributed by atoms with Gasteiger partial charge < -0.3 is 33.8 Å². The molecule has 0 aromatic carbocycles.